The third-order valence-electron chi connectivity index (χ3n) is 4.15. The second-order valence-corrected chi connectivity index (χ2v) is 6.74. The van der Waals surface area contributed by atoms with Crippen LogP contribution < -0.4 is 15.5 Å². The van der Waals surface area contributed by atoms with Crippen LogP contribution in [0.15, 0.2) is 75.3 Å². The number of ether oxygens (including phenoxy) is 1. The Morgan fingerprint density at radius 1 is 1.04 bits per heavy atom. The van der Waals surface area contributed by atoms with Gasteiger partial charge in [-0.05, 0) is 41.3 Å². The van der Waals surface area contributed by atoms with Gasteiger partial charge in [0.25, 0.3) is 5.91 Å². The molecule has 0 radical (unpaired) electrons. The Balaban J connectivity index is 1.89. The van der Waals surface area contributed by atoms with Gasteiger partial charge >= 0.3 is 0 Å². The van der Waals surface area contributed by atoms with Crippen LogP contribution in [-0.2, 0) is 0 Å². The largest absolute Gasteiger partial charge is 0.497 e. The topological polar surface area (TPSA) is 68.5 Å². The maximum absolute atomic E-state index is 13.1. The fourth-order valence-corrected chi connectivity index (χ4v) is 3.44. The molecular formula is C21H15NO4S. The van der Waals surface area contributed by atoms with Crippen molar-refractivity contribution >= 4 is 34.1 Å². The molecule has 0 spiro atoms. The van der Waals surface area contributed by atoms with Gasteiger partial charge in [-0.3, -0.25) is 14.9 Å². The molecule has 5 nitrogen and oxygen atoms in total. The third-order valence-corrected chi connectivity index (χ3v) is 5.02. The number of carbonyl (C=O) groups excluding carboxylic acids is 1. The lowest BCUT2D eigenvalue weighted by Crippen LogP contribution is -2.15. The highest BCUT2D eigenvalue weighted by Gasteiger charge is 2.19. The summed E-state index contributed by atoms with van der Waals surface area (Å²) >= 11 is 1.32. The number of hydrogen-bond acceptors (Lipinski definition) is 5. The Labute approximate surface area is 158 Å². The lowest BCUT2D eigenvalue weighted by molar-refractivity contribution is 0.102. The standard InChI is InChI=1S/C21H15NO4S/c1-25-14-10-8-13(9-11-14)18-19(23)15-5-2-3-6-16(15)26-21(18)22-20(24)17-7-4-12-27-17/h2-12H,1H3,(H,22,24). The molecule has 2 heterocycles. The van der Waals surface area contributed by atoms with Crippen LogP contribution in [0.5, 0.6) is 5.75 Å². The number of amides is 1. The Kier molecular flexibility index (Phi) is 4.48. The highest BCUT2D eigenvalue weighted by atomic mass is 32.1. The number of nitrogens with one attached hydrogen (secondary N) is 1. The molecule has 4 rings (SSSR count). The first-order valence-corrected chi connectivity index (χ1v) is 9.10. The van der Waals surface area contributed by atoms with Crippen molar-refractivity contribution in [3.63, 3.8) is 0 Å². The van der Waals surface area contributed by atoms with Crippen molar-refractivity contribution in [3.8, 4) is 16.9 Å². The predicted octanol–water partition coefficient (Wildman–Crippen LogP) is 4.78. The Hall–Kier alpha value is -3.38. The molecule has 4 aromatic rings. The predicted molar refractivity (Wildman–Crippen MR) is 107 cm³/mol. The van der Waals surface area contributed by atoms with Crippen molar-refractivity contribution in [1.82, 2.24) is 0 Å². The summed E-state index contributed by atoms with van der Waals surface area (Å²) in [6.45, 7) is 0. The molecule has 2 aromatic carbocycles. The summed E-state index contributed by atoms with van der Waals surface area (Å²) in [6.07, 6.45) is 0. The molecular weight excluding hydrogens is 362 g/mol. The molecule has 0 bridgehead atoms. The first-order chi connectivity index (χ1) is 13.2. The number of carbonyl (C=O) groups is 1. The van der Waals surface area contributed by atoms with Gasteiger partial charge in [-0.25, -0.2) is 0 Å². The fourth-order valence-electron chi connectivity index (χ4n) is 2.82. The maximum atomic E-state index is 13.1. The highest BCUT2D eigenvalue weighted by molar-refractivity contribution is 7.12. The van der Waals surface area contributed by atoms with Crippen molar-refractivity contribution in [2.24, 2.45) is 0 Å². The molecule has 0 aliphatic heterocycles. The van der Waals surface area contributed by atoms with Crippen LogP contribution in [0.25, 0.3) is 22.1 Å². The zero-order valence-corrected chi connectivity index (χ0v) is 15.2. The van der Waals surface area contributed by atoms with E-state index in [1.165, 1.54) is 11.3 Å². The average Bonchev–Trinajstić information content (AvgIpc) is 3.23. The van der Waals surface area contributed by atoms with E-state index in [2.05, 4.69) is 5.32 Å². The van der Waals surface area contributed by atoms with Gasteiger partial charge in [-0.2, -0.15) is 0 Å². The van der Waals surface area contributed by atoms with Gasteiger partial charge < -0.3 is 9.15 Å². The van der Waals surface area contributed by atoms with Crippen molar-refractivity contribution in [2.45, 2.75) is 0 Å². The summed E-state index contributed by atoms with van der Waals surface area (Å²) < 4.78 is 11.1. The number of hydrogen-bond donors (Lipinski definition) is 1. The molecule has 27 heavy (non-hydrogen) atoms. The summed E-state index contributed by atoms with van der Waals surface area (Å²) in [5, 5.41) is 5.02. The molecule has 0 unspecified atom stereocenters. The molecule has 0 atom stereocenters. The van der Waals surface area contributed by atoms with Crippen molar-refractivity contribution in [1.29, 1.82) is 0 Å². The normalized spacial score (nSPS) is 10.7. The minimum atomic E-state index is -0.321. The number of fused-ring (bicyclic) bond motifs is 1. The summed E-state index contributed by atoms with van der Waals surface area (Å²) in [6, 6.07) is 17.5. The summed E-state index contributed by atoms with van der Waals surface area (Å²) in [5.74, 6) is 0.480. The Morgan fingerprint density at radius 3 is 2.52 bits per heavy atom. The van der Waals surface area contributed by atoms with E-state index in [-0.39, 0.29) is 17.2 Å². The lowest BCUT2D eigenvalue weighted by Gasteiger charge is -2.11. The monoisotopic (exact) mass is 377 g/mol. The number of benzene rings is 2. The van der Waals surface area contributed by atoms with E-state index >= 15 is 0 Å². The maximum Gasteiger partial charge on any atom is 0.268 e. The number of thiophene rings is 1. The van der Waals surface area contributed by atoms with E-state index in [0.29, 0.717) is 32.7 Å². The first-order valence-electron chi connectivity index (χ1n) is 8.22. The van der Waals surface area contributed by atoms with E-state index in [4.69, 9.17) is 9.15 Å². The quantitative estimate of drug-likeness (QED) is 0.556. The molecule has 134 valence electrons. The molecule has 0 saturated heterocycles. The lowest BCUT2D eigenvalue weighted by atomic mass is 10.0. The molecule has 0 aliphatic rings. The van der Waals surface area contributed by atoms with Gasteiger partial charge in [0.15, 0.2) is 0 Å². The smallest absolute Gasteiger partial charge is 0.268 e. The van der Waals surface area contributed by atoms with Crippen LogP contribution >= 0.6 is 11.3 Å². The number of para-hydroxylation sites is 1. The van der Waals surface area contributed by atoms with Crippen LogP contribution in [0.2, 0.25) is 0 Å². The molecule has 6 heteroatoms. The van der Waals surface area contributed by atoms with Gasteiger partial charge in [0.1, 0.15) is 11.3 Å². The van der Waals surface area contributed by atoms with Crippen molar-refractivity contribution < 1.29 is 13.9 Å². The minimum Gasteiger partial charge on any atom is -0.497 e. The van der Waals surface area contributed by atoms with Gasteiger partial charge in [-0.1, -0.05) is 30.3 Å². The van der Waals surface area contributed by atoms with Gasteiger partial charge in [0.2, 0.25) is 11.3 Å². The zero-order valence-electron chi connectivity index (χ0n) is 14.4. The molecule has 2 aromatic heterocycles. The zero-order chi connectivity index (χ0) is 18.8. The van der Waals surface area contributed by atoms with Crippen molar-refractivity contribution in [3.05, 3.63) is 81.1 Å². The van der Waals surface area contributed by atoms with E-state index < -0.39 is 0 Å². The highest BCUT2D eigenvalue weighted by Crippen LogP contribution is 2.30. The third kappa shape index (κ3) is 3.22. The number of methoxy groups -OCH3 is 1. The second kappa shape index (κ2) is 7.09. The number of anilines is 1. The Morgan fingerprint density at radius 2 is 1.81 bits per heavy atom. The van der Waals surface area contributed by atoms with E-state index in [9.17, 15) is 9.59 Å². The van der Waals surface area contributed by atoms with Crippen LogP contribution in [0.3, 0.4) is 0 Å². The SMILES string of the molecule is COc1ccc(-c2c(NC(=O)c3cccs3)oc3ccccc3c2=O)cc1. The second-order valence-electron chi connectivity index (χ2n) is 5.79. The van der Waals surface area contributed by atoms with Crippen LogP contribution in [-0.4, -0.2) is 13.0 Å². The van der Waals surface area contributed by atoms with Crippen LogP contribution in [0.1, 0.15) is 9.67 Å². The summed E-state index contributed by atoms with van der Waals surface area (Å²) in [4.78, 5) is 26.2. The van der Waals surface area contributed by atoms with E-state index in [0.717, 1.165) is 0 Å². The van der Waals surface area contributed by atoms with Crippen molar-refractivity contribution in [2.75, 3.05) is 12.4 Å². The van der Waals surface area contributed by atoms with Crippen LogP contribution in [0, 0.1) is 0 Å². The molecule has 0 saturated carbocycles. The van der Waals surface area contributed by atoms with Gasteiger partial charge in [0, 0.05) is 0 Å². The van der Waals surface area contributed by atoms with Gasteiger partial charge in [-0.15, -0.1) is 11.3 Å². The Bertz CT molecular complexity index is 1160. The number of rotatable bonds is 4. The molecule has 0 fully saturated rings. The fraction of sp³-hybridized carbons (Fsp3) is 0.0476. The minimum absolute atomic E-state index is 0.127. The van der Waals surface area contributed by atoms with E-state index in [1.54, 1.807) is 67.8 Å². The summed E-state index contributed by atoms with van der Waals surface area (Å²) in [5.41, 5.74) is 1.16. The first kappa shape index (κ1) is 17.1. The molecule has 1 N–H and O–H groups in total. The van der Waals surface area contributed by atoms with E-state index in [1.807, 2.05) is 5.38 Å². The van der Waals surface area contributed by atoms with Crippen LogP contribution in [0.4, 0.5) is 5.88 Å². The summed E-state index contributed by atoms with van der Waals surface area (Å²) in [7, 11) is 1.58. The van der Waals surface area contributed by atoms with Gasteiger partial charge in [0.05, 0.1) is 22.9 Å². The average molecular weight is 377 g/mol. The molecule has 0 aliphatic carbocycles. The molecule has 1 amide bonds.